The number of aromatic hydroxyl groups is 1. The van der Waals surface area contributed by atoms with Crippen LogP contribution in [-0.4, -0.2) is 18.2 Å². The number of phenols is 1. The van der Waals surface area contributed by atoms with Gasteiger partial charge in [-0.15, -0.1) is 0 Å². The maximum absolute atomic E-state index is 10.3. The molecule has 0 spiro atoms. The fraction of sp³-hybridized carbons (Fsp3) is 0.625. The smallest absolute Gasteiger partial charge is 0.119 e. The minimum Gasteiger partial charge on any atom is -0.508 e. The first-order valence-electron chi connectivity index (χ1n) is 7.40. The van der Waals surface area contributed by atoms with Gasteiger partial charge in [0, 0.05) is 12.5 Å². The van der Waals surface area contributed by atoms with E-state index in [4.69, 9.17) is 0 Å². The number of benzene rings is 1. The van der Waals surface area contributed by atoms with Crippen molar-refractivity contribution in [3.05, 3.63) is 28.8 Å². The SMILES string of the molecule is Oc1cc2c(cc1C1CCCNC1)CCCCC2. The predicted octanol–water partition coefficient (Wildman–Crippen LogP) is 3.13. The van der Waals surface area contributed by atoms with Gasteiger partial charge in [0.15, 0.2) is 0 Å². The Kier molecular flexibility index (Phi) is 3.55. The maximum atomic E-state index is 10.3. The van der Waals surface area contributed by atoms with Crippen LogP contribution in [0.4, 0.5) is 0 Å². The Morgan fingerprint density at radius 2 is 1.78 bits per heavy atom. The quantitative estimate of drug-likeness (QED) is 0.745. The molecule has 0 amide bonds. The molecule has 3 rings (SSSR count). The van der Waals surface area contributed by atoms with Gasteiger partial charge in [0.25, 0.3) is 0 Å². The molecule has 1 saturated heterocycles. The summed E-state index contributed by atoms with van der Waals surface area (Å²) in [6.45, 7) is 2.15. The van der Waals surface area contributed by atoms with E-state index in [0.717, 1.165) is 19.5 Å². The second-order valence-electron chi connectivity index (χ2n) is 5.78. The van der Waals surface area contributed by atoms with Crippen molar-refractivity contribution in [2.24, 2.45) is 0 Å². The average molecular weight is 245 g/mol. The average Bonchev–Trinajstić information content (AvgIpc) is 2.63. The highest BCUT2D eigenvalue weighted by Crippen LogP contribution is 2.34. The van der Waals surface area contributed by atoms with Crippen molar-refractivity contribution >= 4 is 0 Å². The standard InChI is InChI=1S/C16H23NO/c18-16-10-13-6-3-1-2-5-12(13)9-15(16)14-7-4-8-17-11-14/h9-10,14,17-18H,1-8,11H2. The van der Waals surface area contributed by atoms with Gasteiger partial charge >= 0.3 is 0 Å². The molecule has 1 aromatic carbocycles. The fourth-order valence-electron chi connectivity index (χ4n) is 3.41. The van der Waals surface area contributed by atoms with Gasteiger partial charge in [-0.05, 0) is 67.8 Å². The molecule has 2 aliphatic rings. The van der Waals surface area contributed by atoms with Gasteiger partial charge in [-0.1, -0.05) is 12.5 Å². The summed E-state index contributed by atoms with van der Waals surface area (Å²) in [5.41, 5.74) is 4.06. The Bertz CT molecular complexity index is 421. The predicted molar refractivity (Wildman–Crippen MR) is 74.2 cm³/mol. The third-order valence-corrected chi connectivity index (χ3v) is 4.48. The van der Waals surface area contributed by atoms with Gasteiger partial charge in [-0.2, -0.15) is 0 Å². The maximum Gasteiger partial charge on any atom is 0.119 e. The Balaban J connectivity index is 1.92. The van der Waals surface area contributed by atoms with E-state index in [2.05, 4.69) is 11.4 Å². The molecule has 18 heavy (non-hydrogen) atoms. The molecular weight excluding hydrogens is 222 g/mol. The van der Waals surface area contributed by atoms with Crippen LogP contribution >= 0.6 is 0 Å². The lowest BCUT2D eigenvalue weighted by Crippen LogP contribution is -2.28. The van der Waals surface area contributed by atoms with Crippen LogP contribution in [0.15, 0.2) is 12.1 Å². The van der Waals surface area contributed by atoms with Gasteiger partial charge in [0.05, 0.1) is 0 Å². The molecule has 0 aromatic heterocycles. The van der Waals surface area contributed by atoms with Crippen molar-refractivity contribution in [3.63, 3.8) is 0 Å². The Morgan fingerprint density at radius 3 is 2.50 bits per heavy atom. The van der Waals surface area contributed by atoms with Crippen molar-refractivity contribution in [3.8, 4) is 5.75 Å². The molecule has 2 heteroatoms. The van der Waals surface area contributed by atoms with Gasteiger partial charge < -0.3 is 10.4 Å². The summed E-state index contributed by atoms with van der Waals surface area (Å²) in [7, 11) is 0. The van der Waals surface area contributed by atoms with Crippen molar-refractivity contribution in [1.29, 1.82) is 0 Å². The second-order valence-corrected chi connectivity index (χ2v) is 5.78. The summed E-state index contributed by atoms with van der Waals surface area (Å²) in [5, 5.41) is 13.7. The number of nitrogens with one attached hydrogen (secondary N) is 1. The zero-order chi connectivity index (χ0) is 12.4. The number of fused-ring (bicyclic) bond motifs is 1. The van der Waals surface area contributed by atoms with E-state index >= 15 is 0 Å². The van der Waals surface area contributed by atoms with Crippen molar-refractivity contribution < 1.29 is 5.11 Å². The summed E-state index contributed by atoms with van der Waals surface area (Å²) in [6, 6.07) is 4.35. The van der Waals surface area contributed by atoms with Crippen LogP contribution in [-0.2, 0) is 12.8 Å². The Hall–Kier alpha value is -1.02. The fourth-order valence-corrected chi connectivity index (χ4v) is 3.41. The molecule has 0 saturated carbocycles. The van der Waals surface area contributed by atoms with Crippen molar-refractivity contribution in [2.75, 3.05) is 13.1 Å². The van der Waals surface area contributed by atoms with E-state index in [-0.39, 0.29) is 0 Å². The summed E-state index contributed by atoms with van der Waals surface area (Å²) >= 11 is 0. The zero-order valence-corrected chi connectivity index (χ0v) is 11.0. The van der Waals surface area contributed by atoms with Crippen LogP contribution in [0.25, 0.3) is 0 Å². The molecule has 1 unspecified atom stereocenters. The van der Waals surface area contributed by atoms with Crippen LogP contribution < -0.4 is 5.32 Å². The minimum absolute atomic E-state index is 0.507. The number of rotatable bonds is 1. The molecule has 98 valence electrons. The van der Waals surface area contributed by atoms with E-state index in [0.29, 0.717) is 11.7 Å². The molecule has 0 radical (unpaired) electrons. The lowest BCUT2D eigenvalue weighted by atomic mass is 9.87. The third-order valence-electron chi connectivity index (χ3n) is 4.48. The molecular formula is C16H23NO. The topological polar surface area (TPSA) is 32.3 Å². The molecule has 1 heterocycles. The number of piperidine rings is 1. The molecule has 2 nitrogen and oxygen atoms in total. The molecule has 0 bridgehead atoms. The lowest BCUT2D eigenvalue weighted by molar-refractivity contribution is 0.425. The van der Waals surface area contributed by atoms with Crippen LogP contribution in [0.2, 0.25) is 0 Å². The Morgan fingerprint density at radius 1 is 1.00 bits per heavy atom. The van der Waals surface area contributed by atoms with Crippen molar-refractivity contribution in [1.82, 2.24) is 5.32 Å². The van der Waals surface area contributed by atoms with E-state index in [9.17, 15) is 5.11 Å². The molecule has 1 aliphatic carbocycles. The molecule has 1 aromatic rings. The summed E-state index contributed by atoms with van der Waals surface area (Å²) < 4.78 is 0. The van der Waals surface area contributed by atoms with Gasteiger partial charge in [0.2, 0.25) is 0 Å². The summed E-state index contributed by atoms with van der Waals surface area (Å²) in [5.74, 6) is 1.04. The highest BCUT2D eigenvalue weighted by molar-refractivity contribution is 5.44. The van der Waals surface area contributed by atoms with Crippen LogP contribution in [0.5, 0.6) is 5.75 Å². The Labute approximate surface area is 109 Å². The highest BCUT2D eigenvalue weighted by Gasteiger charge is 2.20. The first-order valence-corrected chi connectivity index (χ1v) is 7.40. The largest absolute Gasteiger partial charge is 0.508 e. The first-order chi connectivity index (χ1) is 8.84. The molecule has 1 aliphatic heterocycles. The first kappa shape index (κ1) is 12.0. The van der Waals surface area contributed by atoms with Crippen LogP contribution in [0, 0.1) is 0 Å². The summed E-state index contributed by atoms with van der Waals surface area (Å²) in [4.78, 5) is 0. The number of phenolic OH excluding ortho intramolecular Hbond substituents is 1. The van der Waals surface area contributed by atoms with Crippen molar-refractivity contribution in [2.45, 2.75) is 50.9 Å². The molecule has 2 N–H and O–H groups in total. The van der Waals surface area contributed by atoms with Gasteiger partial charge in [-0.3, -0.25) is 0 Å². The second kappa shape index (κ2) is 5.31. The van der Waals surface area contributed by atoms with Gasteiger partial charge in [0.1, 0.15) is 5.75 Å². The number of hydrogen-bond donors (Lipinski definition) is 2. The van der Waals surface area contributed by atoms with Gasteiger partial charge in [-0.25, -0.2) is 0 Å². The molecule has 1 fully saturated rings. The number of aryl methyl sites for hydroxylation is 2. The number of hydrogen-bond acceptors (Lipinski definition) is 2. The van der Waals surface area contributed by atoms with Crippen LogP contribution in [0.1, 0.15) is 54.7 Å². The monoisotopic (exact) mass is 245 g/mol. The zero-order valence-electron chi connectivity index (χ0n) is 11.0. The molecule has 1 atom stereocenters. The normalized spacial score (nSPS) is 24.3. The third kappa shape index (κ3) is 2.39. The van der Waals surface area contributed by atoms with E-state index < -0.39 is 0 Å². The van der Waals surface area contributed by atoms with E-state index in [1.54, 1.807) is 0 Å². The lowest BCUT2D eigenvalue weighted by Gasteiger charge is -2.25. The summed E-state index contributed by atoms with van der Waals surface area (Å²) in [6.07, 6.45) is 8.68. The van der Waals surface area contributed by atoms with E-state index in [1.807, 2.05) is 6.07 Å². The minimum atomic E-state index is 0.507. The van der Waals surface area contributed by atoms with E-state index in [1.165, 1.54) is 55.2 Å². The highest BCUT2D eigenvalue weighted by atomic mass is 16.3. The van der Waals surface area contributed by atoms with Crippen LogP contribution in [0.3, 0.4) is 0 Å².